The Bertz CT molecular complexity index is 599. The first-order chi connectivity index (χ1) is 10.3. The summed E-state index contributed by atoms with van der Waals surface area (Å²) in [6.45, 7) is 1.45. The number of pyridine rings is 1. The first-order valence-electron chi connectivity index (χ1n) is 7.30. The molecule has 110 valence electrons. The number of ether oxygens (including phenoxy) is 1. The summed E-state index contributed by atoms with van der Waals surface area (Å²) in [5.41, 5.74) is 2.47. The lowest BCUT2D eigenvalue weighted by atomic mass is 10.2. The Morgan fingerprint density at radius 2 is 1.86 bits per heavy atom. The average Bonchev–Trinajstić information content (AvgIpc) is 3.32. The summed E-state index contributed by atoms with van der Waals surface area (Å²) >= 11 is 0. The summed E-state index contributed by atoms with van der Waals surface area (Å²) in [6.07, 6.45) is 2.54. The fraction of sp³-hybridized carbons (Fsp3) is 0.353. The lowest BCUT2D eigenvalue weighted by Crippen LogP contribution is -2.16. The summed E-state index contributed by atoms with van der Waals surface area (Å²) in [4.78, 5) is 4.54. The van der Waals surface area contributed by atoms with Crippen molar-refractivity contribution in [2.24, 2.45) is 0 Å². The third kappa shape index (κ3) is 4.34. The zero-order chi connectivity index (χ0) is 14.5. The van der Waals surface area contributed by atoms with Gasteiger partial charge in [-0.05, 0) is 31.0 Å². The van der Waals surface area contributed by atoms with Crippen LogP contribution in [0.2, 0.25) is 0 Å². The molecular formula is C17H19FN2O. The van der Waals surface area contributed by atoms with Crippen LogP contribution in [0.5, 0.6) is 0 Å². The van der Waals surface area contributed by atoms with E-state index in [0.29, 0.717) is 18.2 Å². The van der Waals surface area contributed by atoms with Crippen molar-refractivity contribution in [2.45, 2.75) is 38.6 Å². The van der Waals surface area contributed by atoms with Gasteiger partial charge in [-0.25, -0.2) is 4.39 Å². The molecule has 0 saturated heterocycles. The van der Waals surface area contributed by atoms with Crippen LogP contribution in [0.4, 0.5) is 4.39 Å². The second kappa shape index (κ2) is 6.78. The number of benzene rings is 1. The molecule has 0 amide bonds. The number of nitrogens with one attached hydrogen (secondary N) is 1. The van der Waals surface area contributed by atoms with Gasteiger partial charge in [0.05, 0.1) is 24.6 Å². The molecule has 0 unspecified atom stereocenters. The molecule has 1 fully saturated rings. The molecular weight excluding hydrogens is 267 g/mol. The number of nitrogens with zero attached hydrogens (tertiary/aromatic N) is 1. The van der Waals surface area contributed by atoms with Crippen molar-refractivity contribution in [3.8, 4) is 0 Å². The van der Waals surface area contributed by atoms with Crippen LogP contribution in [0, 0.1) is 5.82 Å². The SMILES string of the molecule is Fc1ccccc1COCc1cccc(CNC2CC2)n1. The topological polar surface area (TPSA) is 34.1 Å². The maximum absolute atomic E-state index is 13.5. The van der Waals surface area contributed by atoms with Crippen molar-refractivity contribution in [1.29, 1.82) is 0 Å². The fourth-order valence-corrected chi connectivity index (χ4v) is 2.13. The Morgan fingerprint density at radius 1 is 1.05 bits per heavy atom. The van der Waals surface area contributed by atoms with Crippen LogP contribution in [0.15, 0.2) is 42.5 Å². The van der Waals surface area contributed by atoms with E-state index < -0.39 is 0 Å². The highest BCUT2D eigenvalue weighted by molar-refractivity contribution is 5.16. The second-order valence-corrected chi connectivity index (χ2v) is 5.36. The molecule has 1 aliphatic rings. The van der Waals surface area contributed by atoms with Gasteiger partial charge in [0.1, 0.15) is 5.82 Å². The van der Waals surface area contributed by atoms with E-state index in [1.54, 1.807) is 12.1 Å². The highest BCUT2D eigenvalue weighted by atomic mass is 19.1. The zero-order valence-electron chi connectivity index (χ0n) is 11.9. The third-order valence-electron chi connectivity index (χ3n) is 3.48. The summed E-state index contributed by atoms with van der Waals surface area (Å²) in [6, 6.07) is 13.3. The van der Waals surface area contributed by atoms with Gasteiger partial charge in [-0.3, -0.25) is 4.98 Å². The van der Waals surface area contributed by atoms with Crippen LogP contribution in [0.3, 0.4) is 0 Å². The van der Waals surface area contributed by atoms with Gasteiger partial charge in [0.15, 0.2) is 0 Å². The zero-order valence-corrected chi connectivity index (χ0v) is 11.9. The molecule has 21 heavy (non-hydrogen) atoms. The molecule has 0 aliphatic heterocycles. The first kappa shape index (κ1) is 14.2. The maximum Gasteiger partial charge on any atom is 0.128 e. The predicted octanol–water partition coefficient (Wildman–Crippen LogP) is 3.19. The van der Waals surface area contributed by atoms with E-state index in [1.807, 2.05) is 24.3 Å². The van der Waals surface area contributed by atoms with E-state index in [1.165, 1.54) is 18.9 Å². The van der Waals surface area contributed by atoms with Gasteiger partial charge in [0.2, 0.25) is 0 Å². The molecule has 0 atom stereocenters. The Morgan fingerprint density at radius 3 is 2.67 bits per heavy atom. The molecule has 0 radical (unpaired) electrons. The molecule has 1 heterocycles. The summed E-state index contributed by atoms with van der Waals surface area (Å²) in [5, 5.41) is 3.44. The van der Waals surface area contributed by atoms with E-state index in [9.17, 15) is 4.39 Å². The molecule has 3 nitrogen and oxygen atoms in total. The van der Waals surface area contributed by atoms with E-state index in [2.05, 4.69) is 10.3 Å². The van der Waals surface area contributed by atoms with Crippen molar-refractivity contribution in [2.75, 3.05) is 0 Å². The van der Waals surface area contributed by atoms with Crippen LogP contribution in [0.1, 0.15) is 29.8 Å². The van der Waals surface area contributed by atoms with Crippen molar-refractivity contribution in [1.82, 2.24) is 10.3 Å². The molecule has 4 heteroatoms. The van der Waals surface area contributed by atoms with Crippen molar-refractivity contribution in [3.05, 3.63) is 65.2 Å². The highest BCUT2D eigenvalue weighted by Crippen LogP contribution is 2.19. The Hall–Kier alpha value is -1.78. The van der Waals surface area contributed by atoms with Crippen LogP contribution in [-0.2, 0) is 24.5 Å². The smallest absolute Gasteiger partial charge is 0.128 e. The van der Waals surface area contributed by atoms with Crippen molar-refractivity contribution >= 4 is 0 Å². The fourth-order valence-electron chi connectivity index (χ4n) is 2.13. The van der Waals surface area contributed by atoms with Crippen LogP contribution < -0.4 is 5.32 Å². The predicted molar refractivity (Wildman–Crippen MR) is 79.0 cm³/mol. The second-order valence-electron chi connectivity index (χ2n) is 5.36. The van der Waals surface area contributed by atoms with Gasteiger partial charge in [0, 0.05) is 18.2 Å². The van der Waals surface area contributed by atoms with Crippen molar-refractivity contribution in [3.63, 3.8) is 0 Å². The molecule has 1 aromatic heterocycles. The van der Waals surface area contributed by atoms with Gasteiger partial charge in [0.25, 0.3) is 0 Å². The minimum Gasteiger partial charge on any atom is -0.370 e. The lowest BCUT2D eigenvalue weighted by molar-refractivity contribution is 0.102. The number of hydrogen-bond acceptors (Lipinski definition) is 3. The quantitative estimate of drug-likeness (QED) is 0.849. The molecule has 1 aliphatic carbocycles. The van der Waals surface area contributed by atoms with Gasteiger partial charge in [-0.15, -0.1) is 0 Å². The molecule has 2 aromatic rings. The first-order valence-corrected chi connectivity index (χ1v) is 7.30. The van der Waals surface area contributed by atoms with Crippen molar-refractivity contribution < 1.29 is 9.13 Å². The Kier molecular flexibility index (Phi) is 4.58. The van der Waals surface area contributed by atoms with Crippen LogP contribution >= 0.6 is 0 Å². The average molecular weight is 286 g/mol. The molecule has 1 aromatic carbocycles. The highest BCUT2D eigenvalue weighted by Gasteiger charge is 2.20. The minimum absolute atomic E-state index is 0.229. The largest absolute Gasteiger partial charge is 0.370 e. The maximum atomic E-state index is 13.5. The van der Waals surface area contributed by atoms with E-state index in [4.69, 9.17) is 4.74 Å². The van der Waals surface area contributed by atoms with Gasteiger partial charge < -0.3 is 10.1 Å². The van der Waals surface area contributed by atoms with E-state index in [0.717, 1.165) is 17.9 Å². The summed E-state index contributed by atoms with van der Waals surface area (Å²) in [7, 11) is 0. The van der Waals surface area contributed by atoms with Crippen LogP contribution in [0.25, 0.3) is 0 Å². The van der Waals surface area contributed by atoms with Crippen LogP contribution in [-0.4, -0.2) is 11.0 Å². The molecule has 1 N–H and O–H groups in total. The normalized spacial score (nSPS) is 14.3. The lowest BCUT2D eigenvalue weighted by Gasteiger charge is -2.07. The van der Waals surface area contributed by atoms with Gasteiger partial charge >= 0.3 is 0 Å². The van der Waals surface area contributed by atoms with Gasteiger partial charge in [-0.2, -0.15) is 0 Å². The Balaban J connectivity index is 1.50. The number of rotatable bonds is 7. The monoisotopic (exact) mass is 286 g/mol. The Labute approximate surface area is 124 Å². The van der Waals surface area contributed by atoms with E-state index >= 15 is 0 Å². The number of hydrogen-bond donors (Lipinski definition) is 1. The van der Waals surface area contributed by atoms with Gasteiger partial charge in [-0.1, -0.05) is 24.3 Å². The number of aromatic nitrogens is 1. The molecule has 3 rings (SSSR count). The molecule has 0 bridgehead atoms. The molecule has 0 spiro atoms. The third-order valence-corrected chi connectivity index (χ3v) is 3.48. The van der Waals surface area contributed by atoms with E-state index in [-0.39, 0.29) is 12.4 Å². The summed E-state index contributed by atoms with van der Waals surface area (Å²) in [5.74, 6) is -0.229. The standard InChI is InChI=1S/C17H19FN2O/c18-17-7-2-1-4-13(17)11-21-12-16-6-3-5-15(20-16)10-19-14-8-9-14/h1-7,14,19H,8-12H2. The molecule has 1 saturated carbocycles. The minimum atomic E-state index is -0.229. The summed E-state index contributed by atoms with van der Waals surface area (Å²) < 4.78 is 19.0. The number of halogens is 1.